The quantitative estimate of drug-likeness (QED) is 0.505. The summed E-state index contributed by atoms with van der Waals surface area (Å²) >= 11 is 1.89. The molecular weight excluding hydrogens is 366 g/mol. The van der Waals surface area contributed by atoms with Crippen LogP contribution in [0.3, 0.4) is 0 Å². The number of allylic oxidation sites excluding steroid dienone is 3. The third kappa shape index (κ3) is 3.57. The lowest BCUT2D eigenvalue weighted by Gasteiger charge is -2.32. The van der Waals surface area contributed by atoms with Gasteiger partial charge in [0.25, 0.3) is 0 Å². The number of carbonyl (C=O) groups excluding carboxylic acids is 1. The molecule has 2 unspecified atom stereocenters. The monoisotopic (exact) mass is 389 g/mol. The molecule has 1 aliphatic heterocycles. The van der Waals surface area contributed by atoms with E-state index < -0.39 is 5.97 Å². The van der Waals surface area contributed by atoms with E-state index in [0.717, 1.165) is 24.1 Å². The standard InChI is InChI=1S/C24H23NO2S/c1-3-16-14-17(4-2)23-20(15-16)22(19-12-8-9-13-21(19)28-23)25-27-24(26)18-10-6-5-7-11-18/h5-15,19,21H,3-4H2,1-2H3/b25-22+. The summed E-state index contributed by atoms with van der Waals surface area (Å²) in [5.74, 6) is -0.329. The minimum atomic E-state index is -0.429. The van der Waals surface area contributed by atoms with Crippen LogP contribution in [-0.4, -0.2) is 16.9 Å². The van der Waals surface area contributed by atoms with E-state index in [1.54, 1.807) is 12.1 Å². The van der Waals surface area contributed by atoms with Crippen molar-refractivity contribution < 1.29 is 9.63 Å². The Morgan fingerprint density at radius 2 is 1.86 bits per heavy atom. The van der Waals surface area contributed by atoms with E-state index in [9.17, 15) is 4.79 Å². The fourth-order valence-corrected chi connectivity index (χ4v) is 5.09. The maximum Gasteiger partial charge on any atom is 0.365 e. The first-order valence-electron chi connectivity index (χ1n) is 9.73. The van der Waals surface area contributed by atoms with E-state index in [-0.39, 0.29) is 11.2 Å². The van der Waals surface area contributed by atoms with Crippen molar-refractivity contribution in [3.05, 3.63) is 89.0 Å². The molecule has 0 amide bonds. The van der Waals surface area contributed by atoms with Crippen molar-refractivity contribution in [1.82, 2.24) is 0 Å². The normalized spacial score (nSPS) is 21.3. The number of fused-ring (bicyclic) bond motifs is 2. The second kappa shape index (κ2) is 8.19. The van der Waals surface area contributed by atoms with Gasteiger partial charge in [-0.15, -0.1) is 11.8 Å². The van der Waals surface area contributed by atoms with Crippen molar-refractivity contribution in [3.63, 3.8) is 0 Å². The van der Waals surface area contributed by atoms with Crippen LogP contribution >= 0.6 is 11.8 Å². The van der Waals surface area contributed by atoms with Crippen molar-refractivity contribution in [1.29, 1.82) is 0 Å². The van der Waals surface area contributed by atoms with Crippen molar-refractivity contribution >= 4 is 23.4 Å². The van der Waals surface area contributed by atoms with Crippen molar-refractivity contribution in [2.75, 3.05) is 0 Å². The highest BCUT2D eigenvalue weighted by atomic mass is 32.2. The molecule has 2 aliphatic rings. The fraction of sp³-hybridized carbons (Fsp3) is 0.250. The SMILES string of the molecule is CCc1cc(CC)c2c(c1)/C(=N/OC(=O)c1ccccc1)C1C=CC=CC1S2. The fourth-order valence-electron chi connectivity index (χ4n) is 3.64. The summed E-state index contributed by atoms with van der Waals surface area (Å²) in [6.45, 7) is 4.35. The smallest absolute Gasteiger partial charge is 0.313 e. The van der Waals surface area contributed by atoms with Crippen LogP contribution in [0, 0.1) is 5.92 Å². The molecule has 4 rings (SSSR count). The highest BCUT2D eigenvalue weighted by Gasteiger charge is 2.34. The molecule has 0 saturated heterocycles. The van der Waals surface area contributed by atoms with Crippen LogP contribution in [0.15, 0.2) is 76.8 Å². The third-order valence-electron chi connectivity index (χ3n) is 5.18. The Labute approximate surface area is 170 Å². The molecule has 28 heavy (non-hydrogen) atoms. The average Bonchev–Trinajstić information content (AvgIpc) is 2.76. The molecule has 2 atom stereocenters. The molecule has 4 heteroatoms. The summed E-state index contributed by atoms with van der Waals surface area (Å²) in [5, 5.41) is 4.67. The third-order valence-corrected chi connectivity index (χ3v) is 6.62. The van der Waals surface area contributed by atoms with E-state index in [1.807, 2.05) is 36.0 Å². The number of hydrogen-bond acceptors (Lipinski definition) is 4. The first-order valence-corrected chi connectivity index (χ1v) is 10.6. The van der Waals surface area contributed by atoms with Gasteiger partial charge >= 0.3 is 5.97 Å². The zero-order valence-electron chi connectivity index (χ0n) is 16.1. The molecule has 0 spiro atoms. The molecule has 0 bridgehead atoms. The Bertz CT molecular complexity index is 976. The molecule has 0 radical (unpaired) electrons. The molecule has 1 aliphatic carbocycles. The second-order valence-electron chi connectivity index (χ2n) is 6.94. The molecule has 3 nitrogen and oxygen atoms in total. The van der Waals surface area contributed by atoms with Gasteiger partial charge in [-0.05, 0) is 42.2 Å². The maximum atomic E-state index is 12.4. The Morgan fingerprint density at radius 3 is 2.61 bits per heavy atom. The number of aryl methyl sites for hydroxylation is 2. The van der Waals surface area contributed by atoms with Gasteiger partial charge in [-0.3, -0.25) is 0 Å². The topological polar surface area (TPSA) is 38.7 Å². The van der Waals surface area contributed by atoms with Gasteiger partial charge in [0.05, 0.1) is 11.3 Å². The lowest BCUT2D eigenvalue weighted by Crippen LogP contribution is -2.31. The summed E-state index contributed by atoms with van der Waals surface area (Å²) in [5.41, 5.74) is 5.07. The van der Waals surface area contributed by atoms with Crippen molar-refractivity contribution in [2.45, 2.75) is 36.8 Å². The number of benzene rings is 2. The predicted octanol–water partition coefficient (Wildman–Crippen LogP) is 5.59. The van der Waals surface area contributed by atoms with Gasteiger partial charge in [0.1, 0.15) is 0 Å². The van der Waals surface area contributed by atoms with Crippen LogP contribution in [-0.2, 0) is 17.7 Å². The highest BCUT2D eigenvalue weighted by molar-refractivity contribution is 8.00. The van der Waals surface area contributed by atoms with Crippen LogP contribution in [0.4, 0.5) is 0 Å². The number of rotatable bonds is 4. The zero-order valence-corrected chi connectivity index (χ0v) is 16.9. The molecule has 0 saturated carbocycles. The number of oxime groups is 1. The molecule has 2 aromatic carbocycles. The van der Waals surface area contributed by atoms with Crippen LogP contribution in [0.25, 0.3) is 0 Å². The summed E-state index contributed by atoms with van der Waals surface area (Å²) < 4.78 is 0. The van der Waals surface area contributed by atoms with Crippen molar-refractivity contribution in [3.8, 4) is 0 Å². The van der Waals surface area contributed by atoms with Gasteiger partial charge in [0.15, 0.2) is 0 Å². The predicted molar refractivity (Wildman–Crippen MR) is 115 cm³/mol. The Hall–Kier alpha value is -2.59. The molecular formula is C24H23NO2S. The van der Waals surface area contributed by atoms with E-state index in [1.165, 1.54) is 16.0 Å². The molecule has 1 heterocycles. The van der Waals surface area contributed by atoms with Crippen LogP contribution in [0.2, 0.25) is 0 Å². The molecule has 142 valence electrons. The van der Waals surface area contributed by atoms with E-state index in [2.05, 4.69) is 49.4 Å². The number of hydrogen-bond donors (Lipinski definition) is 0. The first-order chi connectivity index (χ1) is 13.7. The lowest BCUT2D eigenvalue weighted by molar-refractivity contribution is 0.0515. The number of nitrogens with zero attached hydrogens (tertiary/aromatic N) is 1. The average molecular weight is 390 g/mol. The van der Waals surface area contributed by atoms with Crippen LogP contribution in [0.5, 0.6) is 0 Å². The number of thioether (sulfide) groups is 1. The summed E-state index contributed by atoms with van der Waals surface area (Å²) in [6.07, 6.45) is 10.4. The Kier molecular flexibility index (Phi) is 5.49. The number of carbonyl (C=O) groups is 1. The van der Waals surface area contributed by atoms with E-state index >= 15 is 0 Å². The van der Waals surface area contributed by atoms with E-state index in [4.69, 9.17) is 4.84 Å². The molecule has 0 aromatic heterocycles. The lowest BCUT2D eigenvalue weighted by atomic mass is 9.87. The van der Waals surface area contributed by atoms with Gasteiger partial charge in [0, 0.05) is 21.6 Å². The van der Waals surface area contributed by atoms with Crippen LogP contribution in [0.1, 0.15) is 40.9 Å². The zero-order chi connectivity index (χ0) is 19.5. The first kappa shape index (κ1) is 18.8. The van der Waals surface area contributed by atoms with Gasteiger partial charge < -0.3 is 4.84 Å². The molecule has 0 fully saturated rings. The van der Waals surface area contributed by atoms with Gasteiger partial charge in [-0.25, -0.2) is 4.79 Å². The summed E-state index contributed by atoms with van der Waals surface area (Å²) in [7, 11) is 0. The molecule has 2 aromatic rings. The molecule has 0 N–H and O–H groups in total. The minimum Gasteiger partial charge on any atom is -0.313 e. The van der Waals surface area contributed by atoms with Crippen molar-refractivity contribution in [2.24, 2.45) is 11.1 Å². The van der Waals surface area contributed by atoms with Crippen LogP contribution < -0.4 is 0 Å². The van der Waals surface area contributed by atoms with Gasteiger partial charge in [-0.1, -0.05) is 67.6 Å². The van der Waals surface area contributed by atoms with Gasteiger partial charge in [-0.2, -0.15) is 0 Å². The second-order valence-corrected chi connectivity index (χ2v) is 8.13. The maximum absolute atomic E-state index is 12.4. The minimum absolute atomic E-state index is 0.0999. The largest absolute Gasteiger partial charge is 0.365 e. The van der Waals surface area contributed by atoms with E-state index in [0.29, 0.717) is 5.56 Å². The Morgan fingerprint density at radius 1 is 1.07 bits per heavy atom. The summed E-state index contributed by atoms with van der Waals surface area (Å²) in [6, 6.07) is 13.5. The highest BCUT2D eigenvalue weighted by Crippen LogP contribution is 2.44. The Balaban J connectivity index is 1.77. The van der Waals surface area contributed by atoms with Gasteiger partial charge in [0.2, 0.25) is 0 Å². The summed E-state index contributed by atoms with van der Waals surface area (Å²) in [4.78, 5) is 19.1.